The minimum Gasteiger partial charge on any atom is -0.494 e. The van der Waals surface area contributed by atoms with Crippen LogP contribution < -0.4 is 20.3 Å². The molecule has 5 rings (SSSR count). The summed E-state index contributed by atoms with van der Waals surface area (Å²) < 4.78 is 8.07. The summed E-state index contributed by atoms with van der Waals surface area (Å²) in [6.45, 7) is 14.2. The molecule has 1 saturated heterocycles. The molecule has 1 fully saturated rings. The Bertz CT molecular complexity index is 1630. The van der Waals surface area contributed by atoms with Crippen molar-refractivity contribution in [2.45, 2.75) is 60.5 Å². The fraction of sp³-hybridized carbons (Fsp3) is 0.324. The molecule has 1 aliphatic rings. The molecule has 2 aromatic carbocycles. The van der Waals surface area contributed by atoms with Crippen molar-refractivity contribution >= 4 is 34.6 Å². The monoisotopic (exact) mass is 581 g/mol. The molecule has 1 amide bonds. The highest BCUT2D eigenvalue weighted by atomic mass is 32.1. The first-order valence-electron chi connectivity index (χ1n) is 14.2. The standard InChI is InChI=1S/C34H39N5O2S/c1-20-15-21(2)17-25(16-20)38-22(3)18-26(23(38)4)31-30(28-11-9-10-14-35-28)37-33(42)39(31)24-12-13-27(29(19-24)41-8)36-32(40)34(5,6)7/h9-19,30-31H,1-8H3,(H,36,40)(H,37,42)/t30-,31-/m1/s1. The number of carbonyl (C=O) groups is 1. The summed E-state index contributed by atoms with van der Waals surface area (Å²) in [4.78, 5) is 19.6. The maximum Gasteiger partial charge on any atom is 0.229 e. The Balaban J connectivity index is 1.64. The first-order chi connectivity index (χ1) is 19.9. The topological polar surface area (TPSA) is 71.4 Å². The molecular weight excluding hydrogens is 542 g/mol. The quantitative estimate of drug-likeness (QED) is 0.233. The lowest BCUT2D eigenvalue weighted by atomic mass is 9.95. The van der Waals surface area contributed by atoms with E-state index in [-0.39, 0.29) is 18.0 Å². The van der Waals surface area contributed by atoms with Crippen LogP contribution in [0.1, 0.15) is 66.6 Å². The van der Waals surface area contributed by atoms with Crippen molar-refractivity contribution in [3.63, 3.8) is 0 Å². The Morgan fingerprint density at radius 1 is 0.976 bits per heavy atom. The first-order valence-corrected chi connectivity index (χ1v) is 14.6. The summed E-state index contributed by atoms with van der Waals surface area (Å²) in [7, 11) is 1.61. The van der Waals surface area contributed by atoms with Gasteiger partial charge in [0, 0.05) is 40.4 Å². The van der Waals surface area contributed by atoms with Gasteiger partial charge in [0.15, 0.2) is 5.11 Å². The van der Waals surface area contributed by atoms with Crippen molar-refractivity contribution in [1.82, 2.24) is 14.9 Å². The number of nitrogens with zero attached hydrogens (tertiary/aromatic N) is 3. The highest BCUT2D eigenvalue weighted by Crippen LogP contribution is 2.45. The van der Waals surface area contributed by atoms with Crippen molar-refractivity contribution in [3.8, 4) is 11.4 Å². The number of methoxy groups -OCH3 is 1. The molecule has 0 saturated carbocycles. The van der Waals surface area contributed by atoms with Gasteiger partial charge in [0.25, 0.3) is 0 Å². The number of nitrogens with one attached hydrogen (secondary N) is 2. The average molecular weight is 582 g/mol. The first kappa shape index (κ1) is 29.3. The van der Waals surface area contributed by atoms with Gasteiger partial charge in [0.2, 0.25) is 5.91 Å². The van der Waals surface area contributed by atoms with E-state index in [2.05, 4.69) is 72.1 Å². The van der Waals surface area contributed by atoms with Gasteiger partial charge >= 0.3 is 0 Å². The van der Waals surface area contributed by atoms with E-state index in [9.17, 15) is 4.79 Å². The van der Waals surface area contributed by atoms with Crippen molar-refractivity contribution in [3.05, 3.63) is 101 Å². The zero-order valence-electron chi connectivity index (χ0n) is 25.6. The van der Waals surface area contributed by atoms with E-state index in [0.717, 1.165) is 34.0 Å². The van der Waals surface area contributed by atoms with Crippen LogP contribution in [0.25, 0.3) is 5.69 Å². The zero-order valence-corrected chi connectivity index (χ0v) is 26.4. The van der Waals surface area contributed by atoms with Gasteiger partial charge in [-0.1, -0.05) is 32.9 Å². The lowest BCUT2D eigenvalue weighted by molar-refractivity contribution is -0.123. The normalized spacial score (nSPS) is 16.9. The summed E-state index contributed by atoms with van der Waals surface area (Å²) in [5, 5.41) is 7.17. The van der Waals surface area contributed by atoms with Crippen LogP contribution >= 0.6 is 12.2 Å². The van der Waals surface area contributed by atoms with Gasteiger partial charge in [-0.3, -0.25) is 9.78 Å². The molecule has 3 heterocycles. The molecule has 0 radical (unpaired) electrons. The van der Waals surface area contributed by atoms with E-state index < -0.39 is 5.41 Å². The molecule has 4 aromatic rings. The maximum absolute atomic E-state index is 12.7. The van der Waals surface area contributed by atoms with Crippen molar-refractivity contribution < 1.29 is 9.53 Å². The third kappa shape index (κ3) is 5.51. The molecule has 8 heteroatoms. The van der Waals surface area contributed by atoms with Crippen molar-refractivity contribution in [2.75, 3.05) is 17.3 Å². The summed E-state index contributed by atoms with van der Waals surface area (Å²) in [6, 6.07) is 20.3. The van der Waals surface area contributed by atoms with E-state index in [4.69, 9.17) is 21.9 Å². The number of hydrogen-bond acceptors (Lipinski definition) is 4. The second-order valence-electron chi connectivity index (χ2n) is 12.1. The van der Waals surface area contributed by atoms with E-state index in [1.54, 1.807) is 7.11 Å². The third-order valence-corrected chi connectivity index (χ3v) is 8.06. The summed E-state index contributed by atoms with van der Waals surface area (Å²) >= 11 is 5.99. The van der Waals surface area contributed by atoms with Gasteiger partial charge in [0.1, 0.15) is 5.75 Å². The number of ether oxygens (including phenoxy) is 1. The number of benzene rings is 2. The smallest absolute Gasteiger partial charge is 0.229 e. The van der Waals surface area contributed by atoms with Crippen LogP contribution in [0, 0.1) is 33.1 Å². The van der Waals surface area contributed by atoms with Crippen LogP contribution in [0.5, 0.6) is 5.75 Å². The van der Waals surface area contributed by atoms with Gasteiger partial charge < -0.3 is 24.8 Å². The molecule has 42 heavy (non-hydrogen) atoms. The Morgan fingerprint density at radius 2 is 1.69 bits per heavy atom. The second kappa shape index (κ2) is 11.2. The van der Waals surface area contributed by atoms with E-state index >= 15 is 0 Å². The molecule has 2 N–H and O–H groups in total. The predicted octanol–water partition coefficient (Wildman–Crippen LogP) is 7.28. The van der Waals surface area contributed by atoms with Crippen LogP contribution in [-0.2, 0) is 4.79 Å². The molecule has 0 aliphatic carbocycles. The van der Waals surface area contributed by atoms with Gasteiger partial charge in [0.05, 0.1) is 30.6 Å². The largest absolute Gasteiger partial charge is 0.494 e. The maximum atomic E-state index is 12.7. The number of hydrogen-bond donors (Lipinski definition) is 2. The lowest BCUT2D eigenvalue weighted by Gasteiger charge is -2.29. The minimum atomic E-state index is -0.538. The molecule has 2 atom stereocenters. The molecule has 1 aliphatic heterocycles. The highest BCUT2D eigenvalue weighted by Gasteiger charge is 2.42. The third-order valence-electron chi connectivity index (χ3n) is 7.74. The summed E-state index contributed by atoms with van der Waals surface area (Å²) in [5.41, 5.74) is 8.87. The van der Waals surface area contributed by atoms with Gasteiger partial charge in [-0.2, -0.15) is 0 Å². The van der Waals surface area contributed by atoms with Crippen LogP contribution in [0.2, 0.25) is 0 Å². The fourth-order valence-corrected chi connectivity index (χ4v) is 6.10. The van der Waals surface area contributed by atoms with E-state index in [1.165, 1.54) is 11.1 Å². The Morgan fingerprint density at radius 3 is 2.31 bits per heavy atom. The van der Waals surface area contributed by atoms with Gasteiger partial charge in [-0.05, 0) is 99.1 Å². The highest BCUT2D eigenvalue weighted by molar-refractivity contribution is 7.80. The van der Waals surface area contributed by atoms with Crippen LogP contribution in [0.4, 0.5) is 11.4 Å². The molecule has 218 valence electrons. The SMILES string of the molecule is COc1cc(N2C(=S)N[C@H](c3ccccn3)[C@H]2c2cc(C)n(-c3cc(C)cc(C)c3)c2C)ccc1NC(=O)C(C)(C)C. The van der Waals surface area contributed by atoms with E-state index in [1.807, 2.05) is 63.4 Å². The van der Waals surface area contributed by atoms with E-state index in [0.29, 0.717) is 16.5 Å². The van der Waals surface area contributed by atoms with Crippen molar-refractivity contribution in [2.24, 2.45) is 5.41 Å². The Hall–Kier alpha value is -4.17. The Kier molecular flexibility index (Phi) is 7.86. The van der Waals surface area contributed by atoms with Crippen LogP contribution in [-0.4, -0.2) is 27.7 Å². The molecular formula is C34H39N5O2S. The number of pyridine rings is 1. The number of anilines is 2. The van der Waals surface area contributed by atoms with Crippen LogP contribution in [0.3, 0.4) is 0 Å². The molecule has 0 unspecified atom stereocenters. The zero-order chi connectivity index (χ0) is 30.3. The Labute approximate surface area is 253 Å². The number of thiocarbonyl (C=S) groups is 1. The lowest BCUT2D eigenvalue weighted by Crippen LogP contribution is -2.30. The van der Waals surface area contributed by atoms with Gasteiger partial charge in [-0.25, -0.2) is 0 Å². The number of amides is 1. The summed E-state index contributed by atoms with van der Waals surface area (Å²) in [6.07, 6.45) is 1.81. The average Bonchev–Trinajstić information content (AvgIpc) is 3.43. The predicted molar refractivity (Wildman–Crippen MR) is 174 cm³/mol. The molecule has 0 spiro atoms. The molecule has 7 nitrogen and oxygen atoms in total. The summed E-state index contributed by atoms with van der Waals surface area (Å²) in [5.74, 6) is 0.479. The minimum absolute atomic E-state index is 0.0844. The second-order valence-corrected chi connectivity index (χ2v) is 12.5. The number of aromatic nitrogens is 2. The number of rotatable bonds is 6. The fourth-order valence-electron chi connectivity index (χ4n) is 5.76. The molecule has 0 bridgehead atoms. The number of carbonyl (C=O) groups excluding carboxylic acids is 1. The molecule has 2 aromatic heterocycles. The number of aryl methyl sites for hydroxylation is 3. The van der Waals surface area contributed by atoms with Crippen LogP contribution in [0.15, 0.2) is 66.9 Å². The van der Waals surface area contributed by atoms with Crippen molar-refractivity contribution in [1.29, 1.82) is 0 Å². The van der Waals surface area contributed by atoms with Gasteiger partial charge in [-0.15, -0.1) is 0 Å².